The Hall–Kier alpha value is -2.61. The molecular weight excluding hydrogens is 446 g/mol. The van der Waals surface area contributed by atoms with Crippen molar-refractivity contribution in [3.05, 3.63) is 34.9 Å². The molecule has 0 aliphatic heterocycles. The number of alkyl carbamates (subject to hydrolysis) is 1. The Morgan fingerprint density at radius 2 is 1.71 bits per heavy atom. The quantitative estimate of drug-likeness (QED) is 0.513. The average molecular weight is 490 g/mol. The molecule has 8 nitrogen and oxygen atoms in total. The zero-order chi connectivity index (χ0) is 26.3. The van der Waals surface area contributed by atoms with Crippen molar-refractivity contribution in [1.82, 2.24) is 15.5 Å². The van der Waals surface area contributed by atoms with Crippen LogP contribution >= 0.6 is 0 Å². The van der Waals surface area contributed by atoms with Crippen LogP contribution in [-0.4, -0.2) is 58.2 Å². The van der Waals surface area contributed by atoms with Crippen molar-refractivity contribution in [1.29, 1.82) is 0 Å². The van der Waals surface area contributed by atoms with Gasteiger partial charge in [0, 0.05) is 12.1 Å². The molecule has 2 unspecified atom stereocenters. The highest BCUT2D eigenvalue weighted by atomic mass is 16.6. The lowest BCUT2D eigenvalue weighted by atomic mass is 9.93. The van der Waals surface area contributed by atoms with E-state index in [1.54, 1.807) is 20.8 Å². The second-order valence-corrected chi connectivity index (χ2v) is 10.8. The minimum atomic E-state index is -1.25. The number of carbonyl (C=O) groups is 3. The summed E-state index contributed by atoms with van der Waals surface area (Å²) in [6.07, 6.45) is 4.33. The molecule has 2 atom stereocenters. The average Bonchev–Trinajstić information content (AvgIpc) is 2.76. The maximum Gasteiger partial charge on any atom is 0.408 e. The molecule has 1 aromatic carbocycles. The zero-order valence-corrected chi connectivity index (χ0v) is 22.3. The minimum absolute atomic E-state index is 0.0722. The van der Waals surface area contributed by atoms with Gasteiger partial charge in [-0.1, -0.05) is 37.5 Å². The monoisotopic (exact) mass is 489 g/mol. The van der Waals surface area contributed by atoms with E-state index in [9.17, 15) is 19.5 Å². The summed E-state index contributed by atoms with van der Waals surface area (Å²) in [5, 5.41) is 15.6. The van der Waals surface area contributed by atoms with Crippen molar-refractivity contribution >= 4 is 17.9 Å². The molecule has 1 fully saturated rings. The van der Waals surface area contributed by atoms with Gasteiger partial charge in [-0.25, -0.2) is 4.79 Å². The van der Waals surface area contributed by atoms with Gasteiger partial charge in [0.05, 0.1) is 6.61 Å². The molecule has 196 valence electrons. The number of nitrogens with one attached hydrogen (secondary N) is 2. The zero-order valence-electron chi connectivity index (χ0n) is 22.3. The van der Waals surface area contributed by atoms with E-state index in [2.05, 4.69) is 10.6 Å². The van der Waals surface area contributed by atoms with Crippen molar-refractivity contribution in [3.63, 3.8) is 0 Å². The number of aryl methyl sites for hydroxylation is 2. The number of ether oxygens (including phenoxy) is 1. The first-order chi connectivity index (χ1) is 16.3. The van der Waals surface area contributed by atoms with Gasteiger partial charge in [0.25, 0.3) is 0 Å². The number of rotatable bonds is 8. The van der Waals surface area contributed by atoms with E-state index in [0.29, 0.717) is 5.56 Å². The highest BCUT2D eigenvalue weighted by Gasteiger charge is 2.38. The number of hydrogen-bond acceptors (Lipinski definition) is 5. The number of nitrogens with zero attached hydrogens (tertiary/aromatic N) is 1. The van der Waals surface area contributed by atoms with Crippen LogP contribution in [0.1, 0.15) is 89.5 Å². The Bertz CT molecular complexity index is 887. The van der Waals surface area contributed by atoms with Crippen LogP contribution in [0.3, 0.4) is 0 Å². The van der Waals surface area contributed by atoms with E-state index in [1.165, 1.54) is 4.90 Å². The van der Waals surface area contributed by atoms with Crippen LogP contribution in [0.4, 0.5) is 4.79 Å². The van der Waals surface area contributed by atoms with E-state index >= 15 is 0 Å². The molecule has 2 rings (SSSR count). The third-order valence-corrected chi connectivity index (χ3v) is 6.31. The van der Waals surface area contributed by atoms with Crippen LogP contribution in [-0.2, 0) is 14.3 Å². The van der Waals surface area contributed by atoms with E-state index in [0.717, 1.165) is 43.2 Å². The number of carbonyl (C=O) groups excluding carboxylic acids is 3. The summed E-state index contributed by atoms with van der Waals surface area (Å²) >= 11 is 0. The van der Waals surface area contributed by atoms with Crippen LogP contribution in [0.5, 0.6) is 0 Å². The lowest BCUT2D eigenvalue weighted by molar-refractivity contribution is -0.145. The highest BCUT2D eigenvalue weighted by Crippen LogP contribution is 2.28. The lowest BCUT2D eigenvalue weighted by Crippen LogP contribution is -2.56. The number of hydrogen-bond donors (Lipinski definition) is 3. The third kappa shape index (κ3) is 8.23. The molecule has 1 aliphatic rings. The van der Waals surface area contributed by atoms with E-state index in [-0.39, 0.29) is 18.0 Å². The van der Waals surface area contributed by atoms with Crippen molar-refractivity contribution in [2.75, 3.05) is 6.61 Å². The maximum atomic E-state index is 13.7. The first-order valence-corrected chi connectivity index (χ1v) is 12.6. The standard InChI is InChI=1S/C27H43N3O5/c1-17(2)30(25(33)22(16-31)29-26(34)35-27(5,6)7)23(20-14-13-18(3)19(4)15-20)24(32)28-21-11-9-8-10-12-21/h13-15,17,21-23,31H,8-12,16H2,1-7H3,(H,28,32)(H,29,34). The maximum absolute atomic E-state index is 13.7. The highest BCUT2D eigenvalue weighted by molar-refractivity contribution is 5.92. The molecule has 0 radical (unpaired) electrons. The van der Waals surface area contributed by atoms with Gasteiger partial charge in [0.1, 0.15) is 17.7 Å². The van der Waals surface area contributed by atoms with Crippen LogP contribution in [0, 0.1) is 13.8 Å². The molecule has 35 heavy (non-hydrogen) atoms. The number of amides is 3. The predicted octanol–water partition coefficient (Wildman–Crippen LogP) is 3.92. The van der Waals surface area contributed by atoms with Crippen molar-refractivity contribution in [2.24, 2.45) is 0 Å². The molecule has 1 saturated carbocycles. The molecule has 3 amide bonds. The second kappa shape index (κ2) is 12.4. The normalized spacial score (nSPS) is 16.4. The summed E-state index contributed by atoms with van der Waals surface area (Å²) in [6.45, 7) is 12.1. The molecule has 0 spiro atoms. The number of benzene rings is 1. The first-order valence-electron chi connectivity index (χ1n) is 12.6. The fraction of sp³-hybridized carbons (Fsp3) is 0.667. The minimum Gasteiger partial charge on any atom is -0.444 e. The molecule has 1 aliphatic carbocycles. The Morgan fingerprint density at radius 1 is 1.09 bits per heavy atom. The van der Waals surface area contributed by atoms with Crippen molar-refractivity contribution < 1.29 is 24.2 Å². The van der Waals surface area contributed by atoms with Gasteiger partial charge in [-0.05, 0) is 78.0 Å². The SMILES string of the molecule is Cc1ccc(C(C(=O)NC2CCCCC2)N(C(=O)C(CO)NC(=O)OC(C)(C)C)C(C)C)cc1C. The molecule has 0 saturated heterocycles. The summed E-state index contributed by atoms with van der Waals surface area (Å²) in [7, 11) is 0. The molecule has 0 bridgehead atoms. The molecule has 8 heteroatoms. The van der Waals surface area contributed by atoms with Crippen molar-refractivity contribution in [3.8, 4) is 0 Å². The summed E-state index contributed by atoms with van der Waals surface area (Å²) in [6, 6.07) is 3.28. The molecule has 0 heterocycles. The van der Waals surface area contributed by atoms with Crippen LogP contribution in [0.15, 0.2) is 18.2 Å². The Balaban J connectivity index is 2.41. The van der Waals surface area contributed by atoms with E-state index in [1.807, 2.05) is 45.9 Å². The van der Waals surface area contributed by atoms with Gasteiger partial charge in [-0.3, -0.25) is 9.59 Å². The lowest BCUT2D eigenvalue weighted by Gasteiger charge is -2.38. The number of aliphatic hydroxyl groups is 1. The van der Waals surface area contributed by atoms with Crippen molar-refractivity contribution in [2.45, 2.75) is 110 Å². The fourth-order valence-corrected chi connectivity index (χ4v) is 4.40. The fourth-order valence-electron chi connectivity index (χ4n) is 4.40. The van der Waals surface area contributed by atoms with Gasteiger partial charge in [-0.2, -0.15) is 0 Å². The Labute approximate surface area is 209 Å². The van der Waals surface area contributed by atoms with Crippen LogP contribution in [0.2, 0.25) is 0 Å². The van der Waals surface area contributed by atoms with Gasteiger partial charge >= 0.3 is 6.09 Å². The predicted molar refractivity (Wildman–Crippen MR) is 136 cm³/mol. The Morgan fingerprint density at radius 3 is 2.23 bits per heavy atom. The molecule has 0 aromatic heterocycles. The van der Waals surface area contributed by atoms with Gasteiger partial charge in [0.15, 0.2) is 0 Å². The van der Waals surface area contributed by atoms with E-state index in [4.69, 9.17) is 4.74 Å². The summed E-state index contributed by atoms with van der Waals surface area (Å²) in [5.74, 6) is -0.799. The Kier molecular flexibility index (Phi) is 10.1. The second-order valence-electron chi connectivity index (χ2n) is 10.8. The third-order valence-electron chi connectivity index (χ3n) is 6.31. The topological polar surface area (TPSA) is 108 Å². The summed E-state index contributed by atoms with van der Waals surface area (Å²) in [4.78, 5) is 41.2. The largest absolute Gasteiger partial charge is 0.444 e. The van der Waals surface area contributed by atoms with Crippen LogP contribution in [0.25, 0.3) is 0 Å². The smallest absolute Gasteiger partial charge is 0.408 e. The van der Waals surface area contributed by atoms with Gasteiger partial charge in [-0.15, -0.1) is 0 Å². The summed E-state index contributed by atoms with van der Waals surface area (Å²) in [5.41, 5.74) is 2.03. The summed E-state index contributed by atoms with van der Waals surface area (Å²) < 4.78 is 5.27. The number of aliphatic hydroxyl groups excluding tert-OH is 1. The van der Waals surface area contributed by atoms with Gasteiger partial charge in [0.2, 0.25) is 11.8 Å². The first kappa shape index (κ1) is 28.6. The van der Waals surface area contributed by atoms with Gasteiger partial charge < -0.3 is 25.4 Å². The molecule has 1 aromatic rings. The van der Waals surface area contributed by atoms with Crippen LogP contribution < -0.4 is 10.6 Å². The molecule has 3 N–H and O–H groups in total. The molecular formula is C27H43N3O5. The van der Waals surface area contributed by atoms with E-state index < -0.39 is 36.3 Å².